The summed E-state index contributed by atoms with van der Waals surface area (Å²) in [5, 5.41) is 0.640. The monoisotopic (exact) mass is 421 g/mol. The summed E-state index contributed by atoms with van der Waals surface area (Å²) in [7, 11) is 0. The second kappa shape index (κ2) is 7.56. The van der Waals surface area contributed by atoms with Crippen LogP contribution in [0, 0.1) is 0 Å². The van der Waals surface area contributed by atoms with Gasteiger partial charge in [-0.25, -0.2) is 15.0 Å². The Morgan fingerprint density at radius 2 is 2.21 bits per heavy atom. The second-order valence-corrected chi connectivity index (χ2v) is 8.85. The summed E-state index contributed by atoms with van der Waals surface area (Å²) in [6, 6.07) is 3.84. The second-order valence-electron chi connectivity index (χ2n) is 7.51. The summed E-state index contributed by atoms with van der Waals surface area (Å²) in [5.74, 6) is 2.58. The number of alkyl halides is 2. The van der Waals surface area contributed by atoms with E-state index in [1.807, 2.05) is 17.8 Å². The number of nitrogen functional groups attached to an aromatic ring is 1. The summed E-state index contributed by atoms with van der Waals surface area (Å²) < 4.78 is 35.4. The van der Waals surface area contributed by atoms with Crippen molar-refractivity contribution in [1.29, 1.82) is 0 Å². The Morgan fingerprint density at radius 3 is 2.90 bits per heavy atom. The summed E-state index contributed by atoms with van der Waals surface area (Å²) in [4.78, 5) is 15.9. The zero-order chi connectivity index (χ0) is 20.0. The molecule has 10 heteroatoms. The Balaban J connectivity index is 1.55. The van der Waals surface area contributed by atoms with Crippen molar-refractivity contribution < 1.29 is 18.3 Å². The molecular weight excluding hydrogens is 400 g/mol. The first kappa shape index (κ1) is 18.8. The van der Waals surface area contributed by atoms with Crippen molar-refractivity contribution in [3.63, 3.8) is 0 Å². The van der Waals surface area contributed by atoms with Crippen LogP contribution in [0.3, 0.4) is 0 Å². The maximum atomic E-state index is 12.7. The van der Waals surface area contributed by atoms with E-state index in [4.69, 9.17) is 20.4 Å². The van der Waals surface area contributed by atoms with E-state index in [2.05, 4.69) is 14.6 Å². The van der Waals surface area contributed by atoms with Crippen molar-refractivity contribution in [3.05, 3.63) is 24.2 Å². The Bertz CT molecular complexity index is 912. The maximum Gasteiger partial charge on any atom is 0.387 e. The number of pyridine rings is 1. The van der Waals surface area contributed by atoms with Crippen molar-refractivity contribution in [1.82, 2.24) is 15.0 Å². The quantitative estimate of drug-likeness (QED) is 0.789. The molecule has 3 aliphatic heterocycles. The molecule has 154 valence electrons. The number of hydrogen-bond donors (Lipinski definition) is 1. The minimum Gasteiger partial charge on any atom is -0.431 e. The zero-order valence-corrected chi connectivity index (χ0v) is 16.4. The van der Waals surface area contributed by atoms with E-state index >= 15 is 0 Å². The van der Waals surface area contributed by atoms with Gasteiger partial charge in [0.2, 0.25) is 0 Å². The SMILES string of the molecule is Nc1ncc(-c2cc(N3C[C@@H]4C[C@H]3CS4)nc(C3CCOC3)n2)cc1OC(F)F. The van der Waals surface area contributed by atoms with Crippen LogP contribution in [-0.2, 0) is 4.74 Å². The van der Waals surface area contributed by atoms with E-state index in [-0.39, 0.29) is 17.5 Å². The number of halogens is 2. The molecular formula is C19H21F2N5O2S. The van der Waals surface area contributed by atoms with Crippen LogP contribution in [0.5, 0.6) is 5.75 Å². The van der Waals surface area contributed by atoms with Crippen LogP contribution >= 0.6 is 11.8 Å². The number of aromatic nitrogens is 3. The summed E-state index contributed by atoms with van der Waals surface area (Å²) in [5.41, 5.74) is 6.88. The molecule has 29 heavy (non-hydrogen) atoms. The molecule has 5 rings (SSSR count). The minimum absolute atomic E-state index is 0.0818. The Kier molecular flexibility index (Phi) is 4.91. The fourth-order valence-corrected chi connectivity index (χ4v) is 5.57. The van der Waals surface area contributed by atoms with Crippen molar-refractivity contribution in [2.45, 2.75) is 36.7 Å². The molecule has 0 amide bonds. The molecule has 0 aliphatic carbocycles. The van der Waals surface area contributed by atoms with Gasteiger partial charge in [0.05, 0.1) is 12.3 Å². The van der Waals surface area contributed by atoms with E-state index in [9.17, 15) is 8.78 Å². The normalized spacial score (nSPS) is 25.9. The fraction of sp³-hybridized carbons (Fsp3) is 0.526. The van der Waals surface area contributed by atoms with Crippen molar-refractivity contribution >= 4 is 23.4 Å². The predicted octanol–water partition coefficient (Wildman–Crippen LogP) is 2.92. The Morgan fingerprint density at radius 1 is 1.31 bits per heavy atom. The maximum absolute atomic E-state index is 12.7. The van der Waals surface area contributed by atoms with Crippen LogP contribution in [0.15, 0.2) is 18.3 Å². The molecule has 3 atom stereocenters. The van der Waals surface area contributed by atoms with Gasteiger partial charge >= 0.3 is 6.61 Å². The van der Waals surface area contributed by atoms with Crippen LogP contribution in [0.4, 0.5) is 20.4 Å². The lowest BCUT2D eigenvalue weighted by Crippen LogP contribution is -2.34. The smallest absolute Gasteiger partial charge is 0.387 e. The number of nitrogens with two attached hydrogens (primary N) is 1. The van der Waals surface area contributed by atoms with Crippen LogP contribution in [-0.4, -0.2) is 58.4 Å². The average Bonchev–Trinajstić information content (AvgIpc) is 3.47. The third kappa shape index (κ3) is 3.71. The highest BCUT2D eigenvalue weighted by molar-refractivity contribution is 8.00. The van der Waals surface area contributed by atoms with E-state index in [0.717, 1.165) is 30.4 Å². The van der Waals surface area contributed by atoms with Crippen LogP contribution in [0.1, 0.15) is 24.6 Å². The molecule has 1 unspecified atom stereocenters. The minimum atomic E-state index is -2.97. The number of anilines is 2. The van der Waals surface area contributed by atoms with E-state index in [1.54, 1.807) is 0 Å². The molecule has 2 aromatic rings. The molecule has 3 saturated heterocycles. The van der Waals surface area contributed by atoms with Gasteiger partial charge in [0.25, 0.3) is 0 Å². The van der Waals surface area contributed by atoms with Gasteiger partial charge in [-0.2, -0.15) is 20.5 Å². The summed E-state index contributed by atoms with van der Waals surface area (Å²) >= 11 is 2.01. The number of ether oxygens (including phenoxy) is 2. The van der Waals surface area contributed by atoms with Gasteiger partial charge in [0, 0.05) is 53.9 Å². The first-order chi connectivity index (χ1) is 14.1. The van der Waals surface area contributed by atoms with Gasteiger partial charge in [-0.05, 0) is 18.9 Å². The molecule has 0 spiro atoms. The molecule has 0 saturated carbocycles. The lowest BCUT2D eigenvalue weighted by molar-refractivity contribution is -0.0494. The summed E-state index contributed by atoms with van der Waals surface area (Å²) in [6.07, 6.45) is 3.56. The summed E-state index contributed by atoms with van der Waals surface area (Å²) in [6.45, 7) is -0.732. The molecule has 2 N–H and O–H groups in total. The molecule has 2 aromatic heterocycles. The first-order valence-corrected chi connectivity index (χ1v) is 10.7. The predicted molar refractivity (Wildman–Crippen MR) is 106 cm³/mol. The van der Waals surface area contributed by atoms with Crippen LogP contribution < -0.4 is 15.4 Å². The number of fused-ring (bicyclic) bond motifs is 2. The lowest BCUT2D eigenvalue weighted by Gasteiger charge is -2.28. The molecule has 0 aromatic carbocycles. The molecule has 7 nitrogen and oxygen atoms in total. The zero-order valence-electron chi connectivity index (χ0n) is 15.6. The van der Waals surface area contributed by atoms with Crippen molar-refractivity contribution in [2.75, 3.05) is 36.1 Å². The standard InChI is InChI=1S/C19H21F2N5O2S/c20-19(21)28-15-3-11(6-23-17(15)22)14-5-16(26-7-13-4-12(26)9-29-13)25-18(24-14)10-1-2-27-8-10/h3,5-6,10,12-13,19H,1-2,4,7-9H2,(H2,22,23)/t10?,12-,13-/m0/s1. The third-order valence-corrected chi connectivity index (χ3v) is 7.00. The molecule has 5 heterocycles. The molecule has 3 fully saturated rings. The number of hydrogen-bond acceptors (Lipinski definition) is 8. The topological polar surface area (TPSA) is 86.4 Å². The van der Waals surface area contributed by atoms with Crippen LogP contribution in [0.25, 0.3) is 11.3 Å². The number of rotatable bonds is 5. The average molecular weight is 421 g/mol. The highest BCUT2D eigenvalue weighted by Gasteiger charge is 2.39. The lowest BCUT2D eigenvalue weighted by atomic mass is 10.1. The van der Waals surface area contributed by atoms with Crippen LogP contribution in [0.2, 0.25) is 0 Å². The van der Waals surface area contributed by atoms with Gasteiger partial charge in [-0.1, -0.05) is 0 Å². The van der Waals surface area contributed by atoms with E-state index in [0.29, 0.717) is 35.8 Å². The van der Waals surface area contributed by atoms with Crippen molar-refractivity contribution in [2.24, 2.45) is 0 Å². The molecule has 0 radical (unpaired) electrons. The number of nitrogens with zero attached hydrogens (tertiary/aromatic N) is 4. The highest BCUT2D eigenvalue weighted by Crippen LogP contribution is 2.41. The third-order valence-electron chi connectivity index (χ3n) is 5.61. The largest absolute Gasteiger partial charge is 0.431 e. The Labute approximate surface area is 171 Å². The van der Waals surface area contributed by atoms with Gasteiger partial charge < -0.3 is 20.1 Å². The van der Waals surface area contributed by atoms with Gasteiger partial charge in [0.1, 0.15) is 11.6 Å². The van der Waals surface area contributed by atoms with Crippen molar-refractivity contribution in [3.8, 4) is 17.0 Å². The van der Waals surface area contributed by atoms with E-state index in [1.165, 1.54) is 18.7 Å². The fourth-order valence-electron chi connectivity index (χ4n) is 4.13. The molecule has 3 aliphatic rings. The van der Waals surface area contributed by atoms with E-state index < -0.39 is 6.61 Å². The number of thioether (sulfide) groups is 1. The first-order valence-electron chi connectivity index (χ1n) is 9.62. The Hall–Kier alpha value is -2.20. The van der Waals surface area contributed by atoms with Gasteiger partial charge in [0.15, 0.2) is 11.6 Å². The van der Waals surface area contributed by atoms with Gasteiger partial charge in [-0.3, -0.25) is 0 Å². The highest BCUT2D eigenvalue weighted by atomic mass is 32.2. The molecule has 2 bridgehead atoms. The van der Waals surface area contributed by atoms with Gasteiger partial charge in [-0.15, -0.1) is 0 Å².